The molecule has 2 N–H and O–H groups in total. The number of hydrogen-bond donors (Lipinski definition) is 1. The van der Waals surface area contributed by atoms with Gasteiger partial charge in [0.05, 0.1) is 4.90 Å². The third-order valence-corrected chi connectivity index (χ3v) is 6.50. The number of nitrogens with two attached hydrogens (primary N) is 1. The van der Waals surface area contributed by atoms with Crippen molar-refractivity contribution >= 4 is 10.0 Å². The van der Waals surface area contributed by atoms with Crippen LogP contribution in [0.25, 0.3) is 0 Å². The smallest absolute Gasteiger partial charge is 0.225 e. The second kappa shape index (κ2) is 16.0. The summed E-state index contributed by atoms with van der Waals surface area (Å²) in [5.74, 6) is 0. The Kier molecular flexibility index (Phi) is 14.4. The quantitative estimate of drug-likeness (QED) is 0.262. The number of benzene rings is 1. The van der Waals surface area contributed by atoms with Crippen LogP contribution < -0.4 is 5.14 Å². The molecule has 0 atom stereocenters. The Morgan fingerprint density at radius 2 is 0.964 bits per heavy atom. The van der Waals surface area contributed by atoms with Gasteiger partial charge < -0.3 is 0 Å². The molecule has 0 unspecified atom stereocenters. The number of hydrogen-bond acceptors (Lipinski definition) is 2. The summed E-state index contributed by atoms with van der Waals surface area (Å²) in [6.45, 7) is 2.28. The summed E-state index contributed by atoms with van der Waals surface area (Å²) in [6.07, 6.45) is 23.1. The molecule has 0 amide bonds. The van der Waals surface area contributed by atoms with Crippen molar-refractivity contribution in [2.24, 2.45) is 5.14 Å². The first-order valence-electron chi connectivity index (χ1n) is 11.7. The van der Waals surface area contributed by atoms with Gasteiger partial charge in [-0.3, -0.25) is 0 Å². The molecule has 3 nitrogen and oxygen atoms in total. The van der Waals surface area contributed by atoms with Crippen LogP contribution in [0, 0.1) is 0 Å². The first-order valence-corrected chi connectivity index (χ1v) is 13.2. The highest BCUT2D eigenvalue weighted by Gasteiger charge is 2.06. The zero-order chi connectivity index (χ0) is 20.5. The van der Waals surface area contributed by atoms with E-state index in [-0.39, 0.29) is 4.90 Å². The van der Waals surface area contributed by atoms with Gasteiger partial charge in [-0.25, -0.2) is 13.6 Å². The average molecular weight is 410 g/mol. The Morgan fingerprint density at radius 1 is 0.607 bits per heavy atom. The lowest BCUT2D eigenvalue weighted by Gasteiger charge is -2.04. The van der Waals surface area contributed by atoms with Crippen LogP contribution in [0.1, 0.15) is 115 Å². The zero-order valence-corrected chi connectivity index (χ0v) is 18.9. The van der Waals surface area contributed by atoms with E-state index >= 15 is 0 Å². The Bertz CT molecular complexity index is 581. The maximum Gasteiger partial charge on any atom is 0.238 e. The first-order chi connectivity index (χ1) is 13.5. The summed E-state index contributed by atoms with van der Waals surface area (Å²) in [5.41, 5.74) is 1.19. The molecule has 0 aliphatic carbocycles. The Morgan fingerprint density at radius 3 is 1.32 bits per heavy atom. The SMILES string of the molecule is CCCCCCCCCCCCCCCCCCc1ccc(S(N)(=O)=O)cc1. The van der Waals surface area contributed by atoms with Crippen LogP contribution >= 0.6 is 0 Å². The van der Waals surface area contributed by atoms with E-state index in [9.17, 15) is 8.42 Å². The summed E-state index contributed by atoms with van der Waals surface area (Å²) in [6, 6.07) is 6.98. The number of unbranched alkanes of at least 4 members (excludes halogenated alkanes) is 15. The number of primary sulfonamides is 1. The summed E-state index contributed by atoms with van der Waals surface area (Å²) >= 11 is 0. The number of rotatable bonds is 18. The van der Waals surface area contributed by atoms with Crippen molar-refractivity contribution in [1.29, 1.82) is 0 Å². The molecular formula is C24H43NO2S. The lowest BCUT2D eigenvalue weighted by atomic mass is 10.0. The maximum atomic E-state index is 11.2. The van der Waals surface area contributed by atoms with Crippen molar-refractivity contribution in [3.05, 3.63) is 29.8 Å². The molecule has 0 heterocycles. The first kappa shape index (κ1) is 25.2. The standard InChI is InChI=1S/C24H43NO2S/c1-2-3-4-5-6-7-8-9-10-11-12-13-14-15-16-17-18-23-19-21-24(22-20-23)28(25,26)27/h19-22H,2-18H2,1H3,(H2,25,26,27). The van der Waals surface area contributed by atoms with Crippen molar-refractivity contribution in [3.63, 3.8) is 0 Å². The average Bonchev–Trinajstić information content (AvgIpc) is 2.67. The van der Waals surface area contributed by atoms with Crippen molar-refractivity contribution < 1.29 is 8.42 Å². The molecule has 4 heteroatoms. The van der Waals surface area contributed by atoms with Crippen LogP contribution in [-0.2, 0) is 16.4 Å². The second-order valence-corrected chi connectivity index (χ2v) is 9.80. The fourth-order valence-corrected chi connectivity index (χ4v) is 4.24. The van der Waals surface area contributed by atoms with Crippen LogP contribution in [0.15, 0.2) is 29.2 Å². The van der Waals surface area contributed by atoms with Crippen molar-refractivity contribution in [2.45, 2.75) is 121 Å². The van der Waals surface area contributed by atoms with Crippen LogP contribution in [-0.4, -0.2) is 8.42 Å². The van der Waals surface area contributed by atoms with E-state index in [2.05, 4.69) is 6.92 Å². The van der Waals surface area contributed by atoms with Gasteiger partial charge in [-0.05, 0) is 30.5 Å². The maximum absolute atomic E-state index is 11.2. The van der Waals surface area contributed by atoms with E-state index in [1.165, 1.54) is 108 Å². The minimum absolute atomic E-state index is 0.197. The van der Waals surface area contributed by atoms with Crippen LogP contribution in [0.4, 0.5) is 0 Å². The van der Waals surface area contributed by atoms with Gasteiger partial charge >= 0.3 is 0 Å². The molecule has 0 bridgehead atoms. The predicted molar refractivity (Wildman–Crippen MR) is 121 cm³/mol. The molecule has 0 fully saturated rings. The highest BCUT2D eigenvalue weighted by molar-refractivity contribution is 7.89. The molecule has 0 spiro atoms. The molecule has 0 saturated carbocycles. The van der Waals surface area contributed by atoms with Crippen LogP contribution in [0.3, 0.4) is 0 Å². The lowest BCUT2D eigenvalue weighted by Crippen LogP contribution is -2.11. The lowest BCUT2D eigenvalue weighted by molar-refractivity contribution is 0.529. The summed E-state index contributed by atoms with van der Waals surface area (Å²) in [4.78, 5) is 0.197. The minimum atomic E-state index is -3.57. The minimum Gasteiger partial charge on any atom is -0.225 e. The van der Waals surface area contributed by atoms with Gasteiger partial charge in [-0.15, -0.1) is 0 Å². The highest BCUT2D eigenvalue weighted by atomic mass is 32.2. The van der Waals surface area contributed by atoms with Gasteiger partial charge in [0.1, 0.15) is 0 Å². The van der Waals surface area contributed by atoms with E-state index in [0.717, 1.165) is 6.42 Å². The third-order valence-electron chi connectivity index (χ3n) is 5.57. The number of sulfonamides is 1. The normalized spacial score (nSPS) is 11.8. The van der Waals surface area contributed by atoms with E-state index in [4.69, 9.17) is 5.14 Å². The van der Waals surface area contributed by atoms with E-state index in [1.807, 2.05) is 12.1 Å². The molecular weight excluding hydrogens is 366 g/mol. The van der Waals surface area contributed by atoms with E-state index < -0.39 is 10.0 Å². The molecule has 0 radical (unpaired) electrons. The summed E-state index contributed by atoms with van der Waals surface area (Å²) < 4.78 is 22.5. The molecule has 0 aliphatic rings. The van der Waals surface area contributed by atoms with Crippen molar-refractivity contribution in [2.75, 3.05) is 0 Å². The third kappa shape index (κ3) is 13.3. The van der Waals surface area contributed by atoms with E-state index in [0.29, 0.717) is 0 Å². The largest absolute Gasteiger partial charge is 0.238 e. The number of aryl methyl sites for hydroxylation is 1. The second-order valence-electron chi connectivity index (χ2n) is 8.24. The zero-order valence-electron chi connectivity index (χ0n) is 18.1. The van der Waals surface area contributed by atoms with Gasteiger partial charge in [-0.1, -0.05) is 115 Å². The summed E-state index contributed by atoms with van der Waals surface area (Å²) in [5, 5.41) is 5.12. The van der Waals surface area contributed by atoms with Gasteiger partial charge in [0.25, 0.3) is 0 Å². The molecule has 1 aromatic rings. The van der Waals surface area contributed by atoms with Gasteiger partial charge in [0, 0.05) is 0 Å². The fourth-order valence-electron chi connectivity index (χ4n) is 3.72. The molecule has 28 heavy (non-hydrogen) atoms. The van der Waals surface area contributed by atoms with Gasteiger partial charge in [0.2, 0.25) is 10.0 Å². The molecule has 1 aromatic carbocycles. The molecule has 1 rings (SSSR count). The monoisotopic (exact) mass is 409 g/mol. The molecule has 0 saturated heterocycles. The molecule has 0 aliphatic heterocycles. The van der Waals surface area contributed by atoms with Crippen molar-refractivity contribution in [1.82, 2.24) is 0 Å². The summed E-state index contributed by atoms with van der Waals surface area (Å²) in [7, 11) is -3.57. The molecule has 0 aromatic heterocycles. The van der Waals surface area contributed by atoms with Crippen molar-refractivity contribution in [3.8, 4) is 0 Å². The fraction of sp³-hybridized carbons (Fsp3) is 0.750. The van der Waals surface area contributed by atoms with Gasteiger partial charge in [0.15, 0.2) is 0 Å². The predicted octanol–water partition coefficient (Wildman–Crippen LogP) is 7.14. The Labute approximate surface area is 174 Å². The molecule has 162 valence electrons. The van der Waals surface area contributed by atoms with Crippen LogP contribution in [0.5, 0.6) is 0 Å². The Hall–Kier alpha value is -0.870. The van der Waals surface area contributed by atoms with Gasteiger partial charge in [-0.2, -0.15) is 0 Å². The van der Waals surface area contributed by atoms with Crippen LogP contribution in [0.2, 0.25) is 0 Å². The topological polar surface area (TPSA) is 60.2 Å². The Balaban J connectivity index is 1.85. The van der Waals surface area contributed by atoms with E-state index in [1.54, 1.807) is 12.1 Å². The highest BCUT2D eigenvalue weighted by Crippen LogP contribution is 2.15.